The molecule has 35 heavy (non-hydrogen) atoms. The molecular formula is C27H26N4O4. The van der Waals surface area contributed by atoms with Crippen molar-refractivity contribution in [2.24, 2.45) is 4.99 Å². The number of nitrogens with one attached hydrogen (secondary N) is 1. The van der Waals surface area contributed by atoms with Gasteiger partial charge in [-0.1, -0.05) is 60.7 Å². The number of para-hydroxylation sites is 1. The highest BCUT2D eigenvalue weighted by Crippen LogP contribution is 2.29. The average Bonchev–Trinajstić information content (AvgIpc) is 2.95. The molecule has 0 saturated carbocycles. The number of aryl methyl sites for hydroxylation is 1. The van der Waals surface area contributed by atoms with E-state index in [2.05, 4.69) is 5.32 Å². The van der Waals surface area contributed by atoms with Gasteiger partial charge in [0.15, 0.2) is 0 Å². The first-order valence-corrected chi connectivity index (χ1v) is 11.2. The van der Waals surface area contributed by atoms with Gasteiger partial charge in [-0.25, -0.2) is 9.79 Å². The van der Waals surface area contributed by atoms with E-state index in [0.717, 1.165) is 16.7 Å². The maximum atomic E-state index is 13.6. The minimum atomic E-state index is -1.26. The number of nitrogens with zero attached hydrogens (tertiary/aromatic N) is 3. The molecule has 3 aromatic rings. The van der Waals surface area contributed by atoms with Crippen LogP contribution in [0.4, 0.5) is 16.2 Å². The molecule has 1 aliphatic rings. The Morgan fingerprint density at radius 2 is 1.74 bits per heavy atom. The van der Waals surface area contributed by atoms with Gasteiger partial charge in [-0.3, -0.25) is 14.5 Å². The molecule has 3 amide bonds. The minimum absolute atomic E-state index is 0.195. The molecule has 0 saturated heterocycles. The number of amides is 3. The molecule has 1 unspecified atom stereocenters. The standard InChI is InChI=1S/C27H26N4O4/c1-18-9-8-12-20(17-18)28-27(35)31(16-15-23(32)33)25-26(34)30(2)22-14-7-6-13-21(22)24(29-25)19-10-4-3-5-11-19/h3-14,17,25H,15-16H2,1-2H3,(H,28,35)(H,32,33). The number of aliphatic imine (C=N–C) groups is 1. The van der Waals surface area contributed by atoms with Crippen molar-refractivity contribution >= 4 is 35.0 Å². The lowest BCUT2D eigenvalue weighted by molar-refractivity contribution is -0.137. The van der Waals surface area contributed by atoms with E-state index in [1.807, 2.05) is 67.6 Å². The van der Waals surface area contributed by atoms with Crippen LogP contribution in [0.3, 0.4) is 0 Å². The summed E-state index contributed by atoms with van der Waals surface area (Å²) in [5.41, 5.74) is 4.22. The number of carboxylic acid groups (broad SMARTS) is 1. The van der Waals surface area contributed by atoms with Crippen molar-refractivity contribution in [3.63, 3.8) is 0 Å². The Labute approximate surface area is 203 Å². The molecule has 1 aliphatic heterocycles. The van der Waals surface area contributed by atoms with Gasteiger partial charge in [0.2, 0.25) is 6.17 Å². The van der Waals surface area contributed by atoms with Crippen LogP contribution in [-0.2, 0) is 9.59 Å². The van der Waals surface area contributed by atoms with E-state index in [4.69, 9.17) is 4.99 Å². The number of carbonyl (C=O) groups is 3. The van der Waals surface area contributed by atoms with Crippen molar-refractivity contribution < 1.29 is 19.5 Å². The Hall–Kier alpha value is -4.46. The van der Waals surface area contributed by atoms with Gasteiger partial charge in [0.05, 0.1) is 17.8 Å². The van der Waals surface area contributed by atoms with Crippen LogP contribution in [0, 0.1) is 6.92 Å². The third-order valence-electron chi connectivity index (χ3n) is 5.76. The molecule has 0 aliphatic carbocycles. The number of likely N-dealkylation sites (N-methyl/N-ethyl adjacent to an activating group) is 1. The molecule has 1 heterocycles. The van der Waals surface area contributed by atoms with E-state index in [9.17, 15) is 19.5 Å². The Bertz CT molecular complexity index is 1290. The van der Waals surface area contributed by atoms with Gasteiger partial charge < -0.3 is 15.3 Å². The number of carbonyl (C=O) groups excluding carboxylic acids is 2. The lowest BCUT2D eigenvalue weighted by Gasteiger charge is -2.30. The first-order chi connectivity index (χ1) is 16.8. The van der Waals surface area contributed by atoms with E-state index in [1.54, 1.807) is 25.2 Å². The predicted octanol–water partition coefficient (Wildman–Crippen LogP) is 4.14. The van der Waals surface area contributed by atoms with E-state index in [1.165, 1.54) is 9.80 Å². The normalized spacial score (nSPS) is 15.0. The Morgan fingerprint density at radius 1 is 1.03 bits per heavy atom. The maximum Gasteiger partial charge on any atom is 0.323 e. The second-order valence-electron chi connectivity index (χ2n) is 8.27. The number of anilines is 2. The number of hydrogen-bond donors (Lipinski definition) is 2. The molecule has 0 spiro atoms. The summed E-state index contributed by atoms with van der Waals surface area (Å²) in [5, 5.41) is 12.1. The summed E-state index contributed by atoms with van der Waals surface area (Å²) in [4.78, 5) is 45.9. The Balaban J connectivity index is 1.80. The number of benzene rings is 3. The topological polar surface area (TPSA) is 102 Å². The number of urea groups is 1. The van der Waals surface area contributed by atoms with Crippen molar-refractivity contribution in [2.75, 3.05) is 23.8 Å². The lowest BCUT2D eigenvalue weighted by atomic mass is 10.0. The summed E-state index contributed by atoms with van der Waals surface area (Å²) in [6.45, 7) is 1.70. The zero-order chi connectivity index (χ0) is 24.9. The van der Waals surface area contributed by atoms with Crippen molar-refractivity contribution in [1.29, 1.82) is 0 Å². The number of hydrogen-bond acceptors (Lipinski definition) is 4. The van der Waals surface area contributed by atoms with Crippen LogP contribution in [0.2, 0.25) is 0 Å². The largest absolute Gasteiger partial charge is 0.481 e. The second kappa shape index (κ2) is 10.2. The van der Waals surface area contributed by atoms with Gasteiger partial charge in [-0.2, -0.15) is 0 Å². The molecule has 2 N–H and O–H groups in total. The highest BCUT2D eigenvalue weighted by atomic mass is 16.4. The fourth-order valence-corrected chi connectivity index (χ4v) is 4.00. The van der Waals surface area contributed by atoms with Crippen LogP contribution in [0.15, 0.2) is 83.9 Å². The van der Waals surface area contributed by atoms with E-state index < -0.39 is 24.1 Å². The van der Waals surface area contributed by atoms with Gasteiger partial charge in [0, 0.05) is 30.4 Å². The Kier molecular flexibility index (Phi) is 6.91. The van der Waals surface area contributed by atoms with Gasteiger partial charge in [-0.05, 0) is 30.7 Å². The van der Waals surface area contributed by atoms with Crippen LogP contribution < -0.4 is 10.2 Å². The van der Waals surface area contributed by atoms with Crippen LogP contribution in [0.25, 0.3) is 0 Å². The van der Waals surface area contributed by atoms with Crippen molar-refractivity contribution in [2.45, 2.75) is 19.5 Å². The van der Waals surface area contributed by atoms with Gasteiger partial charge >= 0.3 is 12.0 Å². The van der Waals surface area contributed by atoms with Gasteiger partial charge in [0.1, 0.15) is 0 Å². The lowest BCUT2D eigenvalue weighted by Crippen LogP contribution is -2.51. The van der Waals surface area contributed by atoms with Crippen molar-refractivity contribution in [1.82, 2.24) is 4.90 Å². The number of aliphatic carboxylic acids is 1. The summed E-state index contributed by atoms with van der Waals surface area (Å²) in [6.07, 6.45) is -1.59. The van der Waals surface area contributed by atoms with E-state index in [-0.39, 0.29) is 13.0 Å². The van der Waals surface area contributed by atoms with Crippen LogP contribution >= 0.6 is 0 Å². The fourth-order valence-electron chi connectivity index (χ4n) is 4.00. The first-order valence-electron chi connectivity index (χ1n) is 11.2. The van der Waals surface area contributed by atoms with Crippen molar-refractivity contribution in [3.8, 4) is 0 Å². The molecular weight excluding hydrogens is 444 g/mol. The SMILES string of the molecule is Cc1cccc(NC(=O)N(CCC(=O)O)C2N=C(c3ccccc3)c3ccccc3N(C)C2=O)c1. The average molecular weight is 471 g/mol. The zero-order valence-electron chi connectivity index (χ0n) is 19.5. The molecule has 0 aromatic heterocycles. The van der Waals surface area contributed by atoms with Crippen LogP contribution in [0.5, 0.6) is 0 Å². The molecule has 3 aromatic carbocycles. The molecule has 0 fully saturated rings. The molecule has 4 rings (SSSR count). The number of fused-ring (bicyclic) bond motifs is 1. The van der Waals surface area contributed by atoms with Crippen LogP contribution in [0.1, 0.15) is 23.1 Å². The molecule has 178 valence electrons. The molecule has 1 atom stereocenters. The van der Waals surface area contributed by atoms with Crippen molar-refractivity contribution in [3.05, 3.63) is 95.6 Å². The van der Waals surface area contributed by atoms with E-state index >= 15 is 0 Å². The number of rotatable bonds is 6. The quantitative estimate of drug-likeness (QED) is 0.565. The number of benzodiazepines with no additional fused rings is 1. The third-order valence-corrected chi connectivity index (χ3v) is 5.76. The smallest absolute Gasteiger partial charge is 0.323 e. The summed E-state index contributed by atoms with van der Waals surface area (Å²) in [5.74, 6) is -1.52. The number of carboxylic acids is 1. The summed E-state index contributed by atoms with van der Waals surface area (Å²) in [7, 11) is 1.63. The second-order valence-corrected chi connectivity index (χ2v) is 8.27. The summed E-state index contributed by atoms with van der Waals surface area (Å²) in [6, 6.07) is 23.4. The monoisotopic (exact) mass is 470 g/mol. The summed E-state index contributed by atoms with van der Waals surface area (Å²) >= 11 is 0. The molecule has 0 bridgehead atoms. The first kappa shape index (κ1) is 23.7. The minimum Gasteiger partial charge on any atom is -0.481 e. The fraction of sp³-hybridized carbons (Fsp3) is 0.185. The molecule has 0 radical (unpaired) electrons. The van der Waals surface area contributed by atoms with Gasteiger partial charge in [0.25, 0.3) is 5.91 Å². The molecule has 8 heteroatoms. The summed E-state index contributed by atoms with van der Waals surface area (Å²) < 4.78 is 0. The highest BCUT2D eigenvalue weighted by molar-refractivity contribution is 6.20. The van der Waals surface area contributed by atoms with Crippen LogP contribution in [-0.4, -0.2) is 53.4 Å². The highest BCUT2D eigenvalue weighted by Gasteiger charge is 2.36. The molecule has 8 nitrogen and oxygen atoms in total. The van der Waals surface area contributed by atoms with E-state index in [0.29, 0.717) is 17.1 Å². The zero-order valence-corrected chi connectivity index (χ0v) is 19.5. The maximum absolute atomic E-state index is 13.6. The Morgan fingerprint density at radius 3 is 2.46 bits per heavy atom. The third kappa shape index (κ3) is 5.22. The van der Waals surface area contributed by atoms with Gasteiger partial charge in [-0.15, -0.1) is 0 Å². The predicted molar refractivity (Wildman–Crippen MR) is 135 cm³/mol.